The Labute approximate surface area is 132 Å². The zero-order valence-corrected chi connectivity index (χ0v) is 12.3. The molecule has 2 aliphatic heterocycles. The van der Waals surface area contributed by atoms with Gasteiger partial charge in [0.05, 0.1) is 0 Å². The molecule has 10 unspecified atom stereocenters. The fourth-order valence-corrected chi connectivity index (χ4v) is 2.66. The summed E-state index contributed by atoms with van der Waals surface area (Å²) in [5, 5.41) is 58.6. The van der Waals surface area contributed by atoms with Crippen molar-refractivity contribution in [2.24, 2.45) is 11.5 Å². The second-order valence-electron chi connectivity index (χ2n) is 5.63. The number of hydrogen-bond acceptors (Lipinski definition) is 11. The third-order valence-electron chi connectivity index (χ3n) is 4.08. The number of hydrogen-bond donors (Lipinski definition) is 8. The minimum atomic E-state index is -1.65. The number of rotatable bonds is 4. The van der Waals surface area contributed by atoms with Gasteiger partial charge in [0.2, 0.25) is 0 Å². The van der Waals surface area contributed by atoms with Gasteiger partial charge in [0.25, 0.3) is 0 Å². The first-order chi connectivity index (χ1) is 10.8. The first kappa shape index (κ1) is 18.9. The maximum Gasteiger partial charge on any atom is 0.187 e. The summed E-state index contributed by atoms with van der Waals surface area (Å²) in [5.41, 5.74) is 10.9. The number of aliphatic hydroxyl groups is 6. The first-order valence-electron chi connectivity index (χ1n) is 7.26. The highest BCUT2D eigenvalue weighted by atomic mass is 16.7. The van der Waals surface area contributed by atoms with E-state index in [1.54, 1.807) is 0 Å². The molecule has 136 valence electrons. The molecule has 0 aromatic rings. The number of nitrogens with two attached hydrogens (primary N) is 2. The molecule has 2 heterocycles. The maximum atomic E-state index is 10.0. The van der Waals surface area contributed by atoms with E-state index in [-0.39, 0.29) is 13.1 Å². The summed E-state index contributed by atoms with van der Waals surface area (Å²) in [6, 6.07) is 0. The van der Waals surface area contributed by atoms with Crippen molar-refractivity contribution in [3.63, 3.8) is 0 Å². The van der Waals surface area contributed by atoms with Gasteiger partial charge in [-0.3, -0.25) is 0 Å². The van der Waals surface area contributed by atoms with Crippen LogP contribution in [0.25, 0.3) is 0 Å². The smallest absolute Gasteiger partial charge is 0.187 e. The maximum absolute atomic E-state index is 10.0. The molecule has 0 aromatic heterocycles. The topological polar surface area (TPSA) is 201 Å². The number of ether oxygens (including phenoxy) is 3. The van der Waals surface area contributed by atoms with Gasteiger partial charge in [0, 0.05) is 13.1 Å². The molecule has 23 heavy (non-hydrogen) atoms. The van der Waals surface area contributed by atoms with Crippen molar-refractivity contribution in [2.75, 3.05) is 13.1 Å². The Bertz CT molecular complexity index is 386. The Morgan fingerprint density at radius 1 is 0.696 bits per heavy atom. The molecule has 2 fully saturated rings. The molecule has 11 nitrogen and oxygen atoms in total. The highest BCUT2D eigenvalue weighted by Crippen LogP contribution is 2.28. The zero-order valence-electron chi connectivity index (χ0n) is 12.3. The lowest BCUT2D eigenvalue weighted by Gasteiger charge is -2.45. The van der Waals surface area contributed by atoms with Crippen molar-refractivity contribution in [3.8, 4) is 0 Å². The largest absolute Gasteiger partial charge is 0.388 e. The SMILES string of the molecule is NCC1OC(OC2C(CN)OC(O)C(O)C2O)C(O)C(O)C1O. The molecule has 10 atom stereocenters. The van der Waals surface area contributed by atoms with E-state index in [4.69, 9.17) is 25.7 Å². The normalized spacial score (nSPS) is 51.7. The van der Waals surface area contributed by atoms with Crippen LogP contribution < -0.4 is 11.5 Å². The van der Waals surface area contributed by atoms with Gasteiger partial charge in [-0.15, -0.1) is 0 Å². The van der Waals surface area contributed by atoms with Gasteiger partial charge in [-0.05, 0) is 0 Å². The molecule has 0 bridgehead atoms. The van der Waals surface area contributed by atoms with E-state index in [2.05, 4.69) is 0 Å². The standard InChI is InChI=1S/C12H24N2O9/c13-1-3-5(15)6(16)9(19)12(22-3)23-10-4(2-14)21-11(20)8(18)7(10)17/h3-12,15-20H,1-2,13-14H2. The van der Waals surface area contributed by atoms with Crippen LogP contribution in [0, 0.1) is 0 Å². The van der Waals surface area contributed by atoms with E-state index in [1.165, 1.54) is 0 Å². The van der Waals surface area contributed by atoms with Crippen LogP contribution in [0.15, 0.2) is 0 Å². The highest BCUT2D eigenvalue weighted by Gasteiger charge is 2.49. The van der Waals surface area contributed by atoms with Gasteiger partial charge in [-0.2, -0.15) is 0 Å². The average molecular weight is 340 g/mol. The molecule has 0 aliphatic carbocycles. The molecule has 2 rings (SSSR count). The molecular weight excluding hydrogens is 316 g/mol. The van der Waals surface area contributed by atoms with E-state index in [0.29, 0.717) is 0 Å². The Morgan fingerprint density at radius 2 is 1.30 bits per heavy atom. The van der Waals surface area contributed by atoms with E-state index in [0.717, 1.165) is 0 Å². The predicted octanol–water partition coefficient (Wildman–Crippen LogP) is -5.46. The Balaban J connectivity index is 2.11. The zero-order chi connectivity index (χ0) is 17.3. The van der Waals surface area contributed by atoms with Crippen LogP contribution in [0.3, 0.4) is 0 Å². The van der Waals surface area contributed by atoms with Crippen LogP contribution in [-0.4, -0.2) is 105 Å². The minimum Gasteiger partial charge on any atom is -0.388 e. The summed E-state index contributed by atoms with van der Waals surface area (Å²) in [4.78, 5) is 0. The molecule has 0 spiro atoms. The number of aliphatic hydroxyl groups excluding tert-OH is 6. The summed E-state index contributed by atoms with van der Waals surface area (Å²) in [6.45, 7) is -0.296. The average Bonchev–Trinajstić information content (AvgIpc) is 2.55. The Kier molecular flexibility index (Phi) is 6.27. The minimum absolute atomic E-state index is 0.143. The van der Waals surface area contributed by atoms with Gasteiger partial charge in [-0.25, -0.2) is 0 Å². The van der Waals surface area contributed by atoms with Crippen molar-refractivity contribution in [1.82, 2.24) is 0 Å². The quantitative estimate of drug-likeness (QED) is 0.242. The third kappa shape index (κ3) is 3.65. The van der Waals surface area contributed by atoms with E-state index >= 15 is 0 Å². The monoisotopic (exact) mass is 340 g/mol. The van der Waals surface area contributed by atoms with Crippen molar-refractivity contribution in [1.29, 1.82) is 0 Å². The van der Waals surface area contributed by atoms with E-state index < -0.39 is 61.4 Å². The van der Waals surface area contributed by atoms with Gasteiger partial charge < -0.3 is 56.3 Å². The van der Waals surface area contributed by atoms with Gasteiger partial charge >= 0.3 is 0 Å². The van der Waals surface area contributed by atoms with Crippen LogP contribution in [-0.2, 0) is 14.2 Å². The predicted molar refractivity (Wildman–Crippen MR) is 72.6 cm³/mol. The molecule has 0 saturated carbocycles. The summed E-state index contributed by atoms with van der Waals surface area (Å²) in [5.74, 6) is 0. The van der Waals surface area contributed by atoms with Crippen LogP contribution >= 0.6 is 0 Å². The van der Waals surface area contributed by atoms with E-state index in [9.17, 15) is 30.6 Å². The lowest BCUT2D eigenvalue weighted by Crippen LogP contribution is -2.65. The van der Waals surface area contributed by atoms with Crippen molar-refractivity contribution in [3.05, 3.63) is 0 Å². The first-order valence-corrected chi connectivity index (χ1v) is 7.26. The molecular formula is C12H24N2O9. The second kappa shape index (κ2) is 7.63. The molecule has 11 heteroatoms. The lowest BCUT2D eigenvalue weighted by molar-refractivity contribution is -0.349. The molecule has 0 radical (unpaired) electrons. The highest BCUT2D eigenvalue weighted by molar-refractivity contribution is 4.94. The lowest BCUT2D eigenvalue weighted by atomic mass is 9.96. The summed E-state index contributed by atoms with van der Waals surface area (Å²) in [6.07, 6.45) is -14.1. The fraction of sp³-hybridized carbons (Fsp3) is 1.00. The van der Waals surface area contributed by atoms with Crippen LogP contribution in [0.5, 0.6) is 0 Å². The summed E-state index contributed by atoms with van der Waals surface area (Å²) in [7, 11) is 0. The van der Waals surface area contributed by atoms with Crippen molar-refractivity contribution < 1.29 is 44.8 Å². The van der Waals surface area contributed by atoms with Crippen LogP contribution in [0.1, 0.15) is 0 Å². The van der Waals surface area contributed by atoms with Gasteiger partial charge in [0.15, 0.2) is 12.6 Å². The molecule has 0 aromatic carbocycles. The van der Waals surface area contributed by atoms with Crippen molar-refractivity contribution in [2.45, 2.75) is 61.4 Å². The van der Waals surface area contributed by atoms with Gasteiger partial charge in [-0.1, -0.05) is 0 Å². The second-order valence-corrected chi connectivity index (χ2v) is 5.63. The molecule has 0 amide bonds. The third-order valence-corrected chi connectivity index (χ3v) is 4.08. The molecule has 10 N–H and O–H groups in total. The Morgan fingerprint density at radius 3 is 1.87 bits per heavy atom. The molecule has 2 saturated heterocycles. The van der Waals surface area contributed by atoms with Gasteiger partial charge in [0.1, 0.15) is 48.8 Å². The fourth-order valence-electron chi connectivity index (χ4n) is 2.66. The van der Waals surface area contributed by atoms with Crippen LogP contribution in [0.4, 0.5) is 0 Å². The summed E-state index contributed by atoms with van der Waals surface area (Å²) < 4.78 is 15.7. The van der Waals surface area contributed by atoms with Crippen molar-refractivity contribution >= 4 is 0 Å². The molecule has 2 aliphatic rings. The van der Waals surface area contributed by atoms with Crippen LogP contribution in [0.2, 0.25) is 0 Å². The Hall–Kier alpha value is -0.440. The van der Waals surface area contributed by atoms with E-state index in [1.807, 2.05) is 0 Å². The summed E-state index contributed by atoms with van der Waals surface area (Å²) >= 11 is 0.